The van der Waals surface area contributed by atoms with E-state index in [1.165, 1.54) is 12.1 Å². The second-order valence-electron chi connectivity index (χ2n) is 9.59. The van der Waals surface area contributed by atoms with Gasteiger partial charge >= 0.3 is 12.3 Å². The van der Waals surface area contributed by atoms with Gasteiger partial charge in [0.1, 0.15) is 6.61 Å². The largest absolute Gasteiger partial charge is 0.445 e. The first-order chi connectivity index (χ1) is 16.9. The van der Waals surface area contributed by atoms with Crippen LogP contribution in [-0.4, -0.2) is 49.8 Å². The number of amides is 1. The summed E-state index contributed by atoms with van der Waals surface area (Å²) in [6.45, 7) is 4.49. The molecule has 4 rings (SSSR count). The first-order valence-corrected chi connectivity index (χ1v) is 12.5. The lowest BCUT2D eigenvalue weighted by Crippen LogP contribution is -2.47. The van der Waals surface area contributed by atoms with Crippen LogP contribution in [0.2, 0.25) is 0 Å². The third-order valence-corrected chi connectivity index (χ3v) is 7.15. The number of hydrogen-bond donors (Lipinski definition) is 1. The summed E-state index contributed by atoms with van der Waals surface area (Å²) in [6, 6.07) is 15.4. The zero-order valence-electron chi connectivity index (χ0n) is 20.0. The molecule has 0 atom stereocenters. The minimum absolute atomic E-state index is 0.172. The Morgan fingerprint density at radius 3 is 2.34 bits per heavy atom. The first kappa shape index (κ1) is 25.4. The molecule has 2 aromatic carbocycles. The first-order valence-electron chi connectivity index (χ1n) is 12.5. The van der Waals surface area contributed by atoms with Gasteiger partial charge in [-0.25, -0.2) is 4.79 Å². The predicted molar refractivity (Wildman–Crippen MR) is 130 cm³/mol. The van der Waals surface area contributed by atoms with E-state index in [-0.39, 0.29) is 18.7 Å². The number of ether oxygens (including phenoxy) is 1. The number of rotatable bonds is 7. The van der Waals surface area contributed by atoms with Gasteiger partial charge < -0.3 is 15.0 Å². The lowest BCUT2D eigenvalue weighted by molar-refractivity contribution is -0.137. The maximum atomic E-state index is 13.0. The van der Waals surface area contributed by atoms with Crippen molar-refractivity contribution in [2.75, 3.05) is 37.6 Å². The number of carbonyl (C=O) groups excluding carboxylic acids is 1. The number of nitrogens with zero attached hydrogens (tertiary/aromatic N) is 2. The van der Waals surface area contributed by atoms with Gasteiger partial charge in [0, 0.05) is 37.9 Å². The highest BCUT2D eigenvalue weighted by Crippen LogP contribution is 2.32. The van der Waals surface area contributed by atoms with Gasteiger partial charge in [0.2, 0.25) is 0 Å². The van der Waals surface area contributed by atoms with Gasteiger partial charge in [0.25, 0.3) is 0 Å². The van der Waals surface area contributed by atoms with Crippen LogP contribution in [0.3, 0.4) is 0 Å². The number of carbonyl (C=O) groups is 1. The second-order valence-corrected chi connectivity index (χ2v) is 9.59. The maximum absolute atomic E-state index is 13.0. The van der Waals surface area contributed by atoms with Crippen molar-refractivity contribution in [3.63, 3.8) is 0 Å². The van der Waals surface area contributed by atoms with Crippen LogP contribution in [-0.2, 0) is 17.5 Å². The van der Waals surface area contributed by atoms with Crippen molar-refractivity contribution >= 4 is 11.8 Å². The molecule has 0 radical (unpaired) electrons. The molecule has 1 N–H and O–H groups in total. The van der Waals surface area contributed by atoms with E-state index in [0.29, 0.717) is 11.6 Å². The molecule has 190 valence electrons. The fourth-order valence-corrected chi connectivity index (χ4v) is 5.00. The SMILES string of the molecule is O=C(NC1CCC(CCN2CCN(c3cccc(C(F)(F)F)c3)CC2)CC1)OCc1ccccc1. The summed E-state index contributed by atoms with van der Waals surface area (Å²) >= 11 is 0. The van der Waals surface area contributed by atoms with E-state index in [1.54, 1.807) is 6.07 Å². The van der Waals surface area contributed by atoms with Gasteiger partial charge in [-0.05, 0) is 68.3 Å². The lowest BCUT2D eigenvalue weighted by atomic mass is 9.84. The monoisotopic (exact) mass is 489 g/mol. The van der Waals surface area contributed by atoms with Crippen LogP contribution in [0.15, 0.2) is 54.6 Å². The summed E-state index contributed by atoms with van der Waals surface area (Å²) in [5, 5.41) is 3.00. The van der Waals surface area contributed by atoms with Crippen LogP contribution in [0.4, 0.5) is 23.7 Å². The van der Waals surface area contributed by atoms with Crippen molar-refractivity contribution in [1.29, 1.82) is 0 Å². The summed E-state index contributed by atoms with van der Waals surface area (Å²) in [5.41, 5.74) is 1.03. The number of alkyl carbamates (subject to hydrolysis) is 1. The summed E-state index contributed by atoms with van der Waals surface area (Å²) in [7, 11) is 0. The molecule has 5 nitrogen and oxygen atoms in total. The molecule has 0 aromatic heterocycles. The van der Waals surface area contributed by atoms with Gasteiger partial charge in [0.15, 0.2) is 0 Å². The predicted octanol–water partition coefficient (Wildman–Crippen LogP) is 5.70. The molecule has 8 heteroatoms. The van der Waals surface area contributed by atoms with Crippen molar-refractivity contribution in [3.05, 3.63) is 65.7 Å². The minimum Gasteiger partial charge on any atom is -0.445 e. The van der Waals surface area contributed by atoms with Crippen molar-refractivity contribution in [3.8, 4) is 0 Å². The highest BCUT2D eigenvalue weighted by molar-refractivity contribution is 5.67. The highest BCUT2D eigenvalue weighted by Gasteiger charge is 2.31. The van der Waals surface area contributed by atoms with Gasteiger partial charge in [0.05, 0.1) is 5.56 Å². The van der Waals surface area contributed by atoms with Gasteiger partial charge in [-0.3, -0.25) is 4.90 Å². The second kappa shape index (κ2) is 11.8. The molecule has 1 amide bonds. The number of piperazine rings is 1. The van der Waals surface area contributed by atoms with E-state index in [4.69, 9.17) is 4.74 Å². The Balaban J connectivity index is 1.11. The Morgan fingerprint density at radius 2 is 1.66 bits per heavy atom. The normalized spacial score (nSPS) is 21.5. The smallest absolute Gasteiger partial charge is 0.416 e. The molecule has 1 saturated carbocycles. The van der Waals surface area contributed by atoms with Gasteiger partial charge in [-0.15, -0.1) is 0 Å². The van der Waals surface area contributed by atoms with E-state index in [2.05, 4.69) is 10.2 Å². The third kappa shape index (κ3) is 7.62. The number of halogens is 3. The third-order valence-electron chi connectivity index (χ3n) is 7.15. The maximum Gasteiger partial charge on any atom is 0.416 e. The quantitative estimate of drug-likeness (QED) is 0.542. The van der Waals surface area contributed by atoms with Gasteiger partial charge in [-0.1, -0.05) is 36.4 Å². The summed E-state index contributed by atoms with van der Waals surface area (Å²) in [6.07, 6.45) is 0.574. The lowest BCUT2D eigenvalue weighted by Gasteiger charge is -2.37. The Bertz CT molecular complexity index is 938. The Kier molecular flexibility index (Phi) is 8.55. The average molecular weight is 490 g/mol. The molecular weight excluding hydrogens is 455 g/mol. The van der Waals surface area contributed by atoms with E-state index in [0.717, 1.165) is 76.5 Å². The average Bonchev–Trinajstić information content (AvgIpc) is 2.88. The Labute approximate surface area is 205 Å². The molecule has 0 spiro atoms. The van der Waals surface area contributed by atoms with E-state index in [9.17, 15) is 18.0 Å². The number of anilines is 1. The van der Waals surface area contributed by atoms with Crippen LogP contribution in [0, 0.1) is 5.92 Å². The molecule has 0 bridgehead atoms. The van der Waals surface area contributed by atoms with Crippen LogP contribution >= 0.6 is 0 Å². The fourth-order valence-electron chi connectivity index (χ4n) is 5.00. The molecule has 35 heavy (non-hydrogen) atoms. The van der Waals surface area contributed by atoms with Crippen LogP contribution < -0.4 is 10.2 Å². The molecule has 0 unspecified atom stereocenters. The zero-order valence-corrected chi connectivity index (χ0v) is 20.0. The fraction of sp³-hybridized carbons (Fsp3) is 0.519. The molecular formula is C27H34F3N3O2. The highest BCUT2D eigenvalue weighted by atomic mass is 19.4. The molecule has 1 heterocycles. The van der Waals surface area contributed by atoms with Crippen molar-refractivity contribution < 1.29 is 22.7 Å². The van der Waals surface area contributed by atoms with Gasteiger partial charge in [-0.2, -0.15) is 13.2 Å². The standard InChI is InChI=1S/C27H34F3N3O2/c28-27(29,30)23-7-4-8-25(19-23)33-17-15-32(16-18-33)14-13-21-9-11-24(12-10-21)31-26(34)35-20-22-5-2-1-3-6-22/h1-8,19,21,24H,9-18,20H2,(H,31,34). The summed E-state index contributed by atoms with van der Waals surface area (Å²) in [4.78, 5) is 16.5. The summed E-state index contributed by atoms with van der Waals surface area (Å²) in [5.74, 6) is 0.648. The van der Waals surface area contributed by atoms with Crippen LogP contribution in [0.5, 0.6) is 0 Å². The Morgan fingerprint density at radius 1 is 0.943 bits per heavy atom. The molecule has 2 aliphatic rings. The molecule has 1 aliphatic carbocycles. The molecule has 1 saturated heterocycles. The van der Waals surface area contributed by atoms with Crippen molar-refractivity contribution in [1.82, 2.24) is 10.2 Å². The number of alkyl halides is 3. The van der Waals surface area contributed by atoms with Crippen molar-refractivity contribution in [2.24, 2.45) is 5.92 Å². The topological polar surface area (TPSA) is 44.8 Å². The summed E-state index contributed by atoms with van der Waals surface area (Å²) < 4.78 is 44.3. The Hall–Kier alpha value is -2.74. The molecule has 1 aliphatic heterocycles. The van der Waals surface area contributed by atoms with E-state index < -0.39 is 11.7 Å². The van der Waals surface area contributed by atoms with E-state index >= 15 is 0 Å². The van der Waals surface area contributed by atoms with Crippen LogP contribution in [0.25, 0.3) is 0 Å². The number of nitrogens with one attached hydrogen (secondary N) is 1. The molecule has 2 fully saturated rings. The van der Waals surface area contributed by atoms with E-state index in [1.807, 2.05) is 35.2 Å². The minimum atomic E-state index is -4.31. The van der Waals surface area contributed by atoms with Crippen LogP contribution in [0.1, 0.15) is 43.2 Å². The van der Waals surface area contributed by atoms with Crippen molar-refractivity contribution in [2.45, 2.75) is 50.9 Å². The zero-order chi connectivity index (χ0) is 24.7. The number of benzene rings is 2. The molecule has 2 aromatic rings. The number of hydrogen-bond acceptors (Lipinski definition) is 4.